The largest absolute Gasteiger partial charge is 0.488 e. The highest BCUT2D eigenvalue weighted by atomic mass is 16.5. The Hall–Kier alpha value is -3.32. The van der Waals surface area contributed by atoms with Gasteiger partial charge in [-0.1, -0.05) is 24.3 Å². The Bertz CT molecular complexity index is 996. The summed E-state index contributed by atoms with van der Waals surface area (Å²) in [5, 5.41) is 3.01. The first kappa shape index (κ1) is 21.9. The van der Waals surface area contributed by atoms with Gasteiger partial charge in [0.25, 0.3) is 5.91 Å². The van der Waals surface area contributed by atoms with Gasteiger partial charge < -0.3 is 20.7 Å². The van der Waals surface area contributed by atoms with Gasteiger partial charge in [0.1, 0.15) is 12.4 Å². The summed E-state index contributed by atoms with van der Waals surface area (Å²) in [6.07, 6.45) is 3.89. The van der Waals surface area contributed by atoms with E-state index >= 15 is 0 Å². The Morgan fingerprint density at radius 2 is 1.81 bits per heavy atom. The Kier molecular flexibility index (Phi) is 7.07. The highest BCUT2D eigenvalue weighted by molar-refractivity contribution is 5.99. The normalized spacial score (nSPS) is 16.0. The van der Waals surface area contributed by atoms with E-state index in [0.29, 0.717) is 24.3 Å². The van der Waals surface area contributed by atoms with Crippen LogP contribution in [-0.2, 0) is 4.79 Å². The van der Waals surface area contributed by atoms with E-state index in [1.807, 2.05) is 48.5 Å². The maximum Gasteiger partial charge on any atom is 0.250 e. The van der Waals surface area contributed by atoms with E-state index in [-0.39, 0.29) is 5.91 Å². The zero-order chi connectivity index (χ0) is 22.3. The number of amides is 2. The number of rotatable bonds is 8. The van der Waals surface area contributed by atoms with Crippen molar-refractivity contribution in [1.29, 1.82) is 0 Å². The number of nitrogens with zero attached hydrogens (tertiary/aromatic N) is 2. The fraction of sp³-hybridized carbons (Fsp3) is 0.360. The van der Waals surface area contributed by atoms with Crippen molar-refractivity contribution in [3.63, 3.8) is 0 Å². The standard InChI is InChI=1S/C25H30N4O3/c26-24(30)20-7-5-8-22(17-20)29-14-12-28(13-15-29)11-4-3-10-27-25(31)21-16-19-6-1-2-9-23(19)32-18-21/h1-2,5-9,16-17H,3-4,10-15,18H2,(H2,26,30)(H,27,31). The van der Waals surface area contributed by atoms with Crippen LogP contribution >= 0.6 is 0 Å². The lowest BCUT2D eigenvalue weighted by Crippen LogP contribution is -2.46. The molecule has 2 amide bonds. The molecule has 0 unspecified atom stereocenters. The third-order valence-electron chi connectivity index (χ3n) is 5.98. The minimum atomic E-state index is -0.394. The maximum absolute atomic E-state index is 12.4. The fourth-order valence-electron chi connectivity index (χ4n) is 4.11. The van der Waals surface area contributed by atoms with Crippen LogP contribution in [0.3, 0.4) is 0 Å². The SMILES string of the molecule is NC(=O)c1cccc(N2CCN(CCCCNC(=O)C3=Cc4ccccc4OC3)CC2)c1. The lowest BCUT2D eigenvalue weighted by Gasteiger charge is -2.36. The van der Waals surface area contributed by atoms with Crippen LogP contribution in [0.2, 0.25) is 0 Å². The number of carbonyl (C=O) groups excluding carboxylic acids is 2. The summed E-state index contributed by atoms with van der Waals surface area (Å²) >= 11 is 0. The van der Waals surface area contributed by atoms with Crippen molar-refractivity contribution in [2.45, 2.75) is 12.8 Å². The molecule has 0 spiro atoms. The summed E-state index contributed by atoms with van der Waals surface area (Å²) < 4.78 is 5.66. The number of fused-ring (bicyclic) bond motifs is 1. The monoisotopic (exact) mass is 434 g/mol. The summed E-state index contributed by atoms with van der Waals surface area (Å²) in [5.74, 6) is 0.380. The summed E-state index contributed by atoms with van der Waals surface area (Å²) in [5.41, 5.74) is 8.60. The van der Waals surface area contributed by atoms with Crippen molar-refractivity contribution >= 4 is 23.6 Å². The van der Waals surface area contributed by atoms with Gasteiger partial charge in [-0.25, -0.2) is 0 Å². The second kappa shape index (κ2) is 10.3. The van der Waals surface area contributed by atoms with Crippen LogP contribution in [-0.4, -0.2) is 62.6 Å². The molecule has 2 aliphatic heterocycles. The molecule has 32 heavy (non-hydrogen) atoms. The third-order valence-corrected chi connectivity index (χ3v) is 5.98. The van der Waals surface area contributed by atoms with E-state index < -0.39 is 5.91 Å². The first-order chi connectivity index (χ1) is 15.6. The molecule has 0 atom stereocenters. The van der Waals surface area contributed by atoms with E-state index in [1.54, 1.807) is 6.07 Å². The first-order valence-electron chi connectivity index (χ1n) is 11.2. The number of ether oxygens (including phenoxy) is 1. The van der Waals surface area contributed by atoms with Crippen LogP contribution in [0.1, 0.15) is 28.8 Å². The van der Waals surface area contributed by atoms with Gasteiger partial charge in [0.15, 0.2) is 0 Å². The molecule has 0 saturated carbocycles. The molecular formula is C25H30N4O3. The quantitative estimate of drug-likeness (QED) is 0.623. The topological polar surface area (TPSA) is 87.9 Å². The van der Waals surface area contributed by atoms with Gasteiger partial charge in [-0.2, -0.15) is 0 Å². The second-order valence-electron chi connectivity index (χ2n) is 8.20. The molecule has 0 aromatic heterocycles. The molecule has 7 nitrogen and oxygen atoms in total. The molecule has 0 aliphatic carbocycles. The number of hydrogen-bond donors (Lipinski definition) is 2. The molecule has 2 heterocycles. The number of unbranched alkanes of at least 4 members (excludes halogenated alkanes) is 1. The Morgan fingerprint density at radius 3 is 2.62 bits per heavy atom. The molecule has 3 N–H and O–H groups in total. The zero-order valence-electron chi connectivity index (χ0n) is 18.3. The minimum absolute atomic E-state index is 0.0497. The number of piperazine rings is 1. The number of carbonyl (C=O) groups is 2. The molecule has 0 bridgehead atoms. The molecule has 7 heteroatoms. The van der Waals surface area contributed by atoms with Crippen LogP contribution in [0.5, 0.6) is 5.75 Å². The van der Waals surface area contributed by atoms with Crippen LogP contribution < -0.4 is 20.7 Å². The van der Waals surface area contributed by atoms with Gasteiger partial charge in [0, 0.05) is 49.5 Å². The van der Waals surface area contributed by atoms with E-state index in [9.17, 15) is 9.59 Å². The van der Waals surface area contributed by atoms with Crippen molar-refractivity contribution in [3.8, 4) is 5.75 Å². The number of nitrogens with two attached hydrogens (primary N) is 1. The minimum Gasteiger partial charge on any atom is -0.488 e. The van der Waals surface area contributed by atoms with Gasteiger partial charge in [0.05, 0.1) is 5.57 Å². The van der Waals surface area contributed by atoms with E-state index in [1.165, 1.54) is 0 Å². The number of primary amides is 1. The molecule has 2 aromatic rings. The Morgan fingerprint density at radius 1 is 1.00 bits per heavy atom. The maximum atomic E-state index is 12.4. The van der Waals surface area contributed by atoms with Crippen molar-refractivity contribution in [2.75, 3.05) is 50.8 Å². The van der Waals surface area contributed by atoms with Gasteiger partial charge in [-0.15, -0.1) is 0 Å². The van der Waals surface area contributed by atoms with Crippen molar-refractivity contribution in [1.82, 2.24) is 10.2 Å². The lowest BCUT2D eigenvalue weighted by atomic mass is 10.1. The molecule has 168 valence electrons. The predicted molar refractivity (Wildman–Crippen MR) is 126 cm³/mol. The zero-order valence-corrected chi connectivity index (χ0v) is 18.3. The van der Waals surface area contributed by atoms with Gasteiger partial charge in [0.2, 0.25) is 5.91 Å². The van der Waals surface area contributed by atoms with Crippen LogP contribution in [0, 0.1) is 0 Å². The number of para-hydroxylation sites is 1. The lowest BCUT2D eigenvalue weighted by molar-refractivity contribution is -0.117. The molecule has 0 radical (unpaired) electrons. The van der Waals surface area contributed by atoms with Crippen molar-refractivity contribution < 1.29 is 14.3 Å². The Balaban J connectivity index is 1.14. The highest BCUT2D eigenvalue weighted by Gasteiger charge is 2.18. The van der Waals surface area contributed by atoms with Gasteiger partial charge in [-0.05, 0) is 49.7 Å². The van der Waals surface area contributed by atoms with E-state index in [0.717, 1.165) is 62.6 Å². The van der Waals surface area contributed by atoms with E-state index in [4.69, 9.17) is 10.5 Å². The summed E-state index contributed by atoms with van der Waals surface area (Å²) in [6, 6.07) is 15.3. The molecule has 2 aromatic carbocycles. The summed E-state index contributed by atoms with van der Waals surface area (Å²) in [7, 11) is 0. The molecule has 1 fully saturated rings. The number of benzene rings is 2. The highest BCUT2D eigenvalue weighted by Crippen LogP contribution is 2.25. The average molecular weight is 435 g/mol. The summed E-state index contributed by atoms with van der Waals surface area (Å²) in [4.78, 5) is 28.5. The van der Waals surface area contributed by atoms with E-state index in [2.05, 4.69) is 15.1 Å². The third kappa shape index (κ3) is 5.48. The molecular weight excluding hydrogens is 404 g/mol. The Labute approximate surface area is 188 Å². The summed E-state index contributed by atoms with van der Waals surface area (Å²) in [6.45, 7) is 5.81. The van der Waals surface area contributed by atoms with Crippen LogP contribution in [0.4, 0.5) is 5.69 Å². The fourth-order valence-corrected chi connectivity index (χ4v) is 4.11. The number of hydrogen-bond acceptors (Lipinski definition) is 5. The first-order valence-corrected chi connectivity index (χ1v) is 11.2. The van der Waals surface area contributed by atoms with Crippen molar-refractivity contribution in [2.24, 2.45) is 5.73 Å². The molecule has 2 aliphatic rings. The second-order valence-corrected chi connectivity index (χ2v) is 8.20. The molecule has 4 rings (SSSR count). The van der Waals surface area contributed by atoms with Crippen LogP contribution in [0.15, 0.2) is 54.1 Å². The number of anilines is 1. The van der Waals surface area contributed by atoms with Crippen molar-refractivity contribution in [3.05, 3.63) is 65.2 Å². The predicted octanol–water partition coefficient (Wildman–Crippen LogP) is 2.28. The smallest absolute Gasteiger partial charge is 0.250 e. The van der Waals surface area contributed by atoms with Gasteiger partial charge >= 0.3 is 0 Å². The molecule has 1 saturated heterocycles. The van der Waals surface area contributed by atoms with Crippen LogP contribution in [0.25, 0.3) is 6.08 Å². The number of nitrogens with one attached hydrogen (secondary N) is 1. The van der Waals surface area contributed by atoms with Gasteiger partial charge in [-0.3, -0.25) is 14.5 Å². The average Bonchev–Trinajstić information content (AvgIpc) is 2.84.